The van der Waals surface area contributed by atoms with E-state index in [9.17, 15) is 4.79 Å². The molecular weight excluding hydrogens is 486 g/mol. The number of anilines is 2. The quantitative estimate of drug-likeness (QED) is 0.339. The summed E-state index contributed by atoms with van der Waals surface area (Å²) in [7, 11) is 1.96. The Balaban J connectivity index is 0.00000294. The van der Waals surface area contributed by atoms with Crippen LogP contribution in [0.15, 0.2) is 65.7 Å². The Morgan fingerprint density at radius 3 is 2.69 bits per heavy atom. The van der Waals surface area contributed by atoms with Gasteiger partial charge in [-0.15, -0.1) is 0 Å². The second kappa shape index (κ2) is 12.7. The van der Waals surface area contributed by atoms with Crippen molar-refractivity contribution in [2.24, 2.45) is 0 Å². The number of amides is 1. The van der Waals surface area contributed by atoms with Crippen LogP contribution in [-0.4, -0.2) is 53.1 Å². The molecule has 1 aliphatic carbocycles. The van der Waals surface area contributed by atoms with Crippen molar-refractivity contribution in [1.82, 2.24) is 25.7 Å². The molecule has 2 aliphatic heterocycles. The van der Waals surface area contributed by atoms with Crippen LogP contribution in [0.3, 0.4) is 0 Å². The molecule has 1 amide bonds. The molecule has 1 aromatic heterocycles. The van der Waals surface area contributed by atoms with E-state index in [1.807, 2.05) is 25.1 Å². The molecule has 8 nitrogen and oxygen atoms in total. The zero-order chi connectivity index (χ0) is 28.0. The predicted molar refractivity (Wildman–Crippen MR) is 164 cm³/mol. The summed E-state index contributed by atoms with van der Waals surface area (Å²) in [5, 5.41) is 9.21. The lowest BCUT2D eigenvalue weighted by Crippen LogP contribution is -2.43. The summed E-state index contributed by atoms with van der Waals surface area (Å²) in [5.74, 6) is 1.49. The van der Waals surface area contributed by atoms with E-state index in [1.54, 1.807) is 0 Å². The lowest BCUT2D eigenvalue weighted by Gasteiger charge is -2.28. The maximum absolute atomic E-state index is 13.5. The summed E-state index contributed by atoms with van der Waals surface area (Å²) in [4.78, 5) is 24.9. The number of rotatable bonds is 11. The van der Waals surface area contributed by atoms with Crippen LogP contribution in [0, 0.1) is 0 Å². The smallest absolute Gasteiger partial charge is 0.238 e. The Morgan fingerprint density at radius 2 is 2.05 bits per heavy atom. The zero-order valence-electron chi connectivity index (χ0n) is 24.4. The van der Waals surface area contributed by atoms with Gasteiger partial charge in [0, 0.05) is 58.6 Å². The zero-order valence-corrected chi connectivity index (χ0v) is 24.4. The summed E-state index contributed by atoms with van der Waals surface area (Å²) in [5.41, 5.74) is 7.37. The summed E-state index contributed by atoms with van der Waals surface area (Å²) in [6.07, 6.45) is 21.4. The number of hydrazine groups is 1. The second-order valence-corrected chi connectivity index (χ2v) is 10.6. The first-order valence-electron chi connectivity index (χ1n) is 14.4. The second-order valence-electron chi connectivity index (χ2n) is 10.6. The maximum Gasteiger partial charge on any atom is 0.238 e. The molecule has 2 unspecified atom stereocenters. The molecule has 1 aromatic rings. The normalized spacial score (nSPS) is 23.8. The molecule has 0 saturated carbocycles. The molecule has 0 aromatic carbocycles. The van der Waals surface area contributed by atoms with Crippen molar-refractivity contribution in [2.45, 2.75) is 84.2 Å². The summed E-state index contributed by atoms with van der Waals surface area (Å²) in [6.45, 7) is 12.0. The van der Waals surface area contributed by atoms with Gasteiger partial charge in [0.15, 0.2) is 0 Å². The predicted octanol–water partition coefficient (Wildman–Crippen LogP) is 5.61. The van der Waals surface area contributed by atoms with Gasteiger partial charge in [-0.1, -0.05) is 57.2 Å². The molecule has 3 heterocycles. The van der Waals surface area contributed by atoms with E-state index in [-0.39, 0.29) is 20.8 Å². The lowest BCUT2D eigenvalue weighted by atomic mass is 9.82. The van der Waals surface area contributed by atoms with Crippen molar-refractivity contribution < 1.29 is 7.65 Å². The van der Waals surface area contributed by atoms with E-state index in [1.165, 1.54) is 17.0 Å². The minimum atomic E-state index is -0.562. The van der Waals surface area contributed by atoms with Crippen LogP contribution in [0.1, 0.15) is 75.1 Å². The van der Waals surface area contributed by atoms with E-state index in [2.05, 4.69) is 96.3 Å². The lowest BCUT2D eigenvalue weighted by molar-refractivity contribution is -0.123. The van der Waals surface area contributed by atoms with Crippen molar-refractivity contribution >= 4 is 17.7 Å². The van der Waals surface area contributed by atoms with Gasteiger partial charge in [-0.3, -0.25) is 14.7 Å². The standard InChI is InChI=1S/C31H45N7O.2H2/c1-7-24(8-2)37-28-27(31(5,10-4)29(37)39)21-34-30(36-28)35-23-17-15-22(16-18-23)19-33-20-26-14-12-11-13-25(9-3)38(26)32-6;;/h9,11-12,14-17,21,23-24,32-33H,7-8,10,13,18-20H2,1-6H3,(H,34,35,36);2*1H/b25-9-;;. The molecule has 2 atom stereocenters. The third-order valence-electron chi connectivity index (χ3n) is 8.31. The van der Waals surface area contributed by atoms with Crippen LogP contribution in [0.4, 0.5) is 11.8 Å². The van der Waals surface area contributed by atoms with Crippen LogP contribution in [0.2, 0.25) is 0 Å². The number of aromatic nitrogens is 2. The van der Waals surface area contributed by atoms with E-state index in [4.69, 9.17) is 4.98 Å². The SMILES string of the molecule is C/C=C1/CC=CC=C(CNCC2=CCC(Nc3ncc4c(n3)N(C(CC)CC)C(=O)C4(C)CC)C=C2)N1NC.[HH].[HH]. The maximum atomic E-state index is 13.5. The highest BCUT2D eigenvalue weighted by Crippen LogP contribution is 2.44. The fourth-order valence-corrected chi connectivity index (χ4v) is 5.62. The van der Waals surface area contributed by atoms with Crippen molar-refractivity contribution in [1.29, 1.82) is 0 Å². The monoisotopic (exact) mass is 535 g/mol. The Kier molecular flexibility index (Phi) is 9.40. The first-order valence-corrected chi connectivity index (χ1v) is 14.4. The highest BCUT2D eigenvalue weighted by molar-refractivity contribution is 6.07. The van der Waals surface area contributed by atoms with E-state index in [0.29, 0.717) is 5.95 Å². The number of fused-ring (bicyclic) bond motifs is 1. The number of nitrogens with one attached hydrogen (secondary N) is 3. The van der Waals surface area contributed by atoms with Gasteiger partial charge in [0.05, 0.1) is 11.5 Å². The van der Waals surface area contributed by atoms with E-state index >= 15 is 0 Å². The number of hydrogen-bond donors (Lipinski definition) is 3. The average molecular weight is 536 g/mol. The van der Waals surface area contributed by atoms with Gasteiger partial charge in [-0.25, -0.2) is 10.4 Å². The molecule has 8 heteroatoms. The van der Waals surface area contributed by atoms with Crippen LogP contribution in [-0.2, 0) is 10.2 Å². The molecule has 214 valence electrons. The molecule has 0 saturated heterocycles. The topological polar surface area (TPSA) is 85.4 Å². The molecule has 39 heavy (non-hydrogen) atoms. The molecule has 4 rings (SSSR count). The van der Waals surface area contributed by atoms with Crippen molar-refractivity contribution in [2.75, 3.05) is 30.4 Å². The molecule has 0 radical (unpaired) electrons. The number of allylic oxidation sites excluding steroid dienone is 4. The Morgan fingerprint density at radius 1 is 1.26 bits per heavy atom. The Bertz CT molecular complexity index is 1200. The van der Waals surface area contributed by atoms with E-state index in [0.717, 1.165) is 56.6 Å². The molecule has 0 bridgehead atoms. The first kappa shape index (κ1) is 28.8. The number of nitrogens with zero attached hydrogens (tertiary/aromatic N) is 4. The first-order chi connectivity index (χ1) is 18.9. The molecular formula is C31H49N7O. The Labute approximate surface area is 237 Å². The van der Waals surface area contributed by atoms with E-state index < -0.39 is 5.41 Å². The largest absolute Gasteiger partial charge is 0.348 e. The van der Waals surface area contributed by atoms with Crippen LogP contribution in [0.5, 0.6) is 0 Å². The fraction of sp³-hybridized carbons (Fsp3) is 0.516. The van der Waals surface area contributed by atoms with Gasteiger partial charge in [0.25, 0.3) is 0 Å². The van der Waals surface area contributed by atoms with Gasteiger partial charge >= 0.3 is 0 Å². The van der Waals surface area contributed by atoms with Crippen LogP contribution < -0.4 is 21.0 Å². The van der Waals surface area contributed by atoms with Crippen molar-refractivity contribution in [3.05, 3.63) is 71.3 Å². The minimum absolute atomic E-state index is 0. The van der Waals surface area contributed by atoms with Gasteiger partial charge in [0.2, 0.25) is 11.9 Å². The summed E-state index contributed by atoms with van der Waals surface area (Å²) < 4.78 is 0. The number of carbonyl (C=O) groups is 1. The van der Waals surface area contributed by atoms with Crippen LogP contribution >= 0.6 is 0 Å². The summed E-state index contributed by atoms with van der Waals surface area (Å²) >= 11 is 0. The van der Waals surface area contributed by atoms with Gasteiger partial charge in [-0.05, 0) is 51.2 Å². The number of carbonyl (C=O) groups excluding carboxylic acids is 1. The molecule has 0 spiro atoms. The van der Waals surface area contributed by atoms with Gasteiger partial charge < -0.3 is 10.6 Å². The minimum Gasteiger partial charge on any atom is -0.348 e. The average Bonchev–Trinajstić information content (AvgIpc) is 3.07. The van der Waals surface area contributed by atoms with Gasteiger partial charge in [-0.2, -0.15) is 4.98 Å². The highest BCUT2D eigenvalue weighted by Gasteiger charge is 2.49. The number of hydrogen-bond acceptors (Lipinski definition) is 7. The Hall–Kier alpha value is -3.23. The van der Waals surface area contributed by atoms with Crippen LogP contribution in [0.25, 0.3) is 0 Å². The highest BCUT2D eigenvalue weighted by atomic mass is 16.2. The van der Waals surface area contributed by atoms with Crippen molar-refractivity contribution in [3.8, 4) is 0 Å². The third kappa shape index (κ3) is 5.87. The fourth-order valence-electron chi connectivity index (χ4n) is 5.62. The van der Waals surface area contributed by atoms with Crippen molar-refractivity contribution in [3.63, 3.8) is 0 Å². The van der Waals surface area contributed by atoms with Gasteiger partial charge in [0.1, 0.15) is 5.82 Å². The molecule has 3 N–H and O–H groups in total. The molecule has 0 fully saturated rings. The summed E-state index contributed by atoms with van der Waals surface area (Å²) in [6, 6.07) is 0.254. The molecule has 3 aliphatic rings. The third-order valence-corrected chi connectivity index (χ3v) is 8.31.